The normalized spacial score (nSPS) is 10.4. The van der Waals surface area contributed by atoms with Crippen molar-refractivity contribution in [2.45, 2.75) is 34.6 Å². The Kier molecular flexibility index (Phi) is 5.39. The molecule has 0 atom stereocenters. The first-order valence-corrected chi connectivity index (χ1v) is 7.90. The molecule has 0 aliphatic rings. The maximum atomic E-state index is 12.3. The van der Waals surface area contributed by atoms with Gasteiger partial charge in [0.2, 0.25) is 0 Å². The van der Waals surface area contributed by atoms with Gasteiger partial charge in [0.25, 0.3) is 5.91 Å². The van der Waals surface area contributed by atoms with E-state index in [2.05, 4.69) is 5.32 Å². The highest BCUT2D eigenvalue weighted by atomic mass is 16.5. The van der Waals surface area contributed by atoms with Crippen molar-refractivity contribution in [3.8, 4) is 0 Å². The van der Waals surface area contributed by atoms with Crippen molar-refractivity contribution >= 4 is 17.6 Å². The maximum Gasteiger partial charge on any atom is 0.339 e. The number of hydrogen-bond acceptors (Lipinski definition) is 3. The van der Waals surface area contributed by atoms with E-state index in [-0.39, 0.29) is 12.5 Å². The first-order valence-electron chi connectivity index (χ1n) is 7.90. The number of carbonyl (C=O) groups excluding carboxylic acids is 2. The Morgan fingerprint density at radius 3 is 2.12 bits per heavy atom. The highest BCUT2D eigenvalue weighted by Gasteiger charge is 2.16. The lowest BCUT2D eigenvalue weighted by atomic mass is 10.00. The predicted molar refractivity (Wildman–Crippen MR) is 95.5 cm³/mol. The van der Waals surface area contributed by atoms with Crippen LogP contribution in [0, 0.1) is 34.6 Å². The van der Waals surface area contributed by atoms with Crippen LogP contribution in [0.1, 0.15) is 38.2 Å². The Morgan fingerprint density at radius 1 is 0.875 bits per heavy atom. The molecule has 0 bridgehead atoms. The molecule has 1 amide bonds. The molecule has 0 heterocycles. The van der Waals surface area contributed by atoms with E-state index in [4.69, 9.17) is 4.74 Å². The number of benzene rings is 2. The van der Waals surface area contributed by atoms with E-state index in [1.807, 2.05) is 65.0 Å². The summed E-state index contributed by atoms with van der Waals surface area (Å²) in [5.41, 5.74) is 6.08. The number of hydrogen-bond donors (Lipinski definition) is 1. The Hall–Kier alpha value is -2.62. The zero-order valence-electron chi connectivity index (χ0n) is 14.8. The Balaban J connectivity index is 2.02. The first kappa shape index (κ1) is 17.7. The molecule has 2 rings (SSSR count). The van der Waals surface area contributed by atoms with E-state index < -0.39 is 5.97 Å². The van der Waals surface area contributed by atoms with E-state index in [1.54, 1.807) is 0 Å². The number of carbonyl (C=O) groups is 2. The molecule has 4 heteroatoms. The lowest BCUT2D eigenvalue weighted by Gasteiger charge is -2.12. The van der Waals surface area contributed by atoms with E-state index in [0.29, 0.717) is 5.56 Å². The third-order valence-electron chi connectivity index (χ3n) is 3.88. The summed E-state index contributed by atoms with van der Waals surface area (Å²) in [4.78, 5) is 24.3. The lowest BCUT2D eigenvalue weighted by molar-refractivity contribution is -0.119. The molecule has 4 nitrogen and oxygen atoms in total. The van der Waals surface area contributed by atoms with E-state index in [0.717, 1.165) is 33.5 Å². The van der Waals surface area contributed by atoms with Crippen LogP contribution in [0.2, 0.25) is 0 Å². The first-order chi connectivity index (χ1) is 11.3. The second-order valence-electron chi connectivity index (χ2n) is 6.22. The summed E-state index contributed by atoms with van der Waals surface area (Å²) in [6.45, 7) is 9.28. The second-order valence-corrected chi connectivity index (χ2v) is 6.22. The lowest BCUT2D eigenvalue weighted by Crippen LogP contribution is -2.22. The van der Waals surface area contributed by atoms with E-state index in [9.17, 15) is 9.59 Å². The summed E-state index contributed by atoms with van der Waals surface area (Å²) >= 11 is 0. The van der Waals surface area contributed by atoms with Crippen LogP contribution in [0.3, 0.4) is 0 Å². The zero-order valence-corrected chi connectivity index (χ0v) is 14.8. The SMILES string of the molecule is Cc1cc(C)c(C(=O)OCC(=O)Nc2cc(C)ccc2C)c(C)c1. The standard InChI is InChI=1S/C20H23NO3/c1-12-6-7-14(3)17(10-12)21-18(22)11-24-20(23)19-15(4)8-13(2)9-16(19)5/h6-10H,11H2,1-5H3,(H,21,22). The van der Waals surface area contributed by atoms with Crippen LogP contribution in [-0.2, 0) is 9.53 Å². The van der Waals surface area contributed by atoms with Gasteiger partial charge < -0.3 is 10.1 Å². The Morgan fingerprint density at radius 2 is 1.50 bits per heavy atom. The van der Waals surface area contributed by atoms with Crippen molar-refractivity contribution in [3.63, 3.8) is 0 Å². The van der Waals surface area contributed by atoms with Crippen LogP contribution < -0.4 is 5.32 Å². The number of aryl methyl sites for hydroxylation is 5. The number of ether oxygens (including phenoxy) is 1. The highest BCUT2D eigenvalue weighted by molar-refractivity contribution is 5.97. The second kappa shape index (κ2) is 7.30. The minimum atomic E-state index is -0.471. The van der Waals surface area contributed by atoms with Crippen molar-refractivity contribution in [2.24, 2.45) is 0 Å². The molecule has 0 radical (unpaired) electrons. The minimum absolute atomic E-state index is 0.307. The summed E-state index contributed by atoms with van der Waals surface area (Å²) in [5.74, 6) is -0.819. The smallest absolute Gasteiger partial charge is 0.339 e. The van der Waals surface area contributed by atoms with Gasteiger partial charge in [0.15, 0.2) is 6.61 Å². The fourth-order valence-corrected chi connectivity index (χ4v) is 2.76. The number of esters is 1. The largest absolute Gasteiger partial charge is 0.452 e. The summed E-state index contributed by atoms with van der Waals surface area (Å²) in [7, 11) is 0. The van der Waals surface area contributed by atoms with Crippen LogP contribution in [0.15, 0.2) is 30.3 Å². The molecule has 126 valence electrons. The van der Waals surface area contributed by atoms with Crippen molar-refractivity contribution in [1.29, 1.82) is 0 Å². The Labute approximate surface area is 142 Å². The molecule has 0 spiro atoms. The molecule has 0 unspecified atom stereocenters. The van der Waals surface area contributed by atoms with Crippen molar-refractivity contribution < 1.29 is 14.3 Å². The minimum Gasteiger partial charge on any atom is -0.452 e. The van der Waals surface area contributed by atoms with Crippen LogP contribution in [-0.4, -0.2) is 18.5 Å². The summed E-state index contributed by atoms with van der Waals surface area (Å²) in [6, 6.07) is 9.67. The highest BCUT2D eigenvalue weighted by Crippen LogP contribution is 2.18. The van der Waals surface area contributed by atoms with E-state index >= 15 is 0 Å². The third kappa shape index (κ3) is 4.22. The molecule has 0 saturated carbocycles. The number of rotatable bonds is 4. The third-order valence-corrected chi connectivity index (χ3v) is 3.88. The van der Waals surface area contributed by atoms with Gasteiger partial charge in [-0.05, 0) is 62.9 Å². The van der Waals surface area contributed by atoms with Gasteiger partial charge in [-0.2, -0.15) is 0 Å². The quantitative estimate of drug-likeness (QED) is 0.864. The molecular formula is C20H23NO3. The average Bonchev–Trinajstić information content (AvgIpc) is 2.48. The average molecular weight is 325 g/mol. The van der Waals surface area contributed by atoms with Gasteiger partial charge >= 0.3 is 5.97 Å². The van der Waals surface area contributed by atoms with Crippen LogP contribution in [0.5, 0.6) is 0 Å². The summed E-state index contributed by atoms with van der Waals surface area (Å²) in [5, 5.41) is 2.78. The molecule has 1 N–H and O–H groups in total. The van der Waals surface area contributed by atoms with Gasteiger partial charge in [-0.3, -0.25) is 4.79 Å². The molecule has 0 saturated heterocycles. The van der Waals surface area contributed by atoms with Gasteiger partial charge in [0, 0.05) is 5.69 Å². The van der Waals surface area contributed by atoms with Crippen LogP contribution >= 0.6 is 0 Å². The van der Waals surface area contributed by atoms with Crippen molar-refractivity contribution in [1.82, 2.24) is 0 Å². The number of amides is 1. The molecular weight excluding hydrogens is 302 g/mol. The maximum absolute atomic E-state index is 12.3. The van der Waals surface area contributed by atoms with Gasteiger partial charge in [0.1, 0.15) is 0 Å². The van der Waals surface area contributed by atoms with Crippen LogP contribution in [0.4, 0.5) is 5.69 Å². The predicted octanol–water partition coefficient (Wildman–Crippen LogP) is 4.02. The van der Waals surface area contributed by atoms with Crippen molar-refractivity contribution in [3.05, 3.63) is 63.7 Å². The van der Waals surface area contributed by atoms with E-state index in [1.165, 1.54) is 0 Å². The summed E-state index contributed by atoms with van der Waals surface area (Å²) in [6.07, 6.45) is 0. The Bertz CT molecular complexity index is 770. The van der Waals surface area contributed by atoms with Gasteiger partial charge in [0.05, 0.1) is 5.56 Å². The van der Waals surface area contributed by atoms with Gasteiger partial charge in [-0.1, -0.05) is 29.8 Å². The number of anilines is 1. The topological polar surface area (TPSA) is 55.4 Å². The molecule has 0 aromatic heterocycles. The zero-order chi connectivity index (χ0) is 17.9. The molecule has 0 aliphatic carbocycles. The van der Waals surface area contributed by atoms with Gasteiger partial charge in [-0.25, -0.2) is 4.79 Å². The van der Waals surface area contributed by atoms with Crippen LogP contribution in [0.25, 0.3) is 0 Å². The number of nitrogens with one attached hydrogen (secondary N) is 1. The molecule has 2 aromatic carbocycles. The fraction of sp³-hybridized carbons (Fsp3) is 0.300. The molecule has 2 aromatic rings. The summed E-state index contributed by atoms with van der Waals surface area (Å²) < 4.78 is 5.18. The monoisotopic (exact) mass is 325 g/mol. The van der Waals surface area contributed by atoms with Crippen molar-refractivity contribution in [2.75, 3.05) is 11.9 Å². The molecule has 0 fully saturated rings. The van der Waals surface area contributed by atoms with Gasteiger partial charge in [-0.15, -0.1) is 0 Å². The molecule has 0 aliphatic heterocycles. The molecule has 24 heavy (non-hydrogen) atoms. The fourth-order valence-electron chi connectivity index (χ4n) is 2.76.